The van der Waals surface area contributed by atoms with Crippen LogP contribution in [0.5, 0.6) is 5.75 Å². The van der Waals surface area contributed by atoms with Crippen LogP contribution < -0.4 is 10.1 Å². The molecule has 11 heteroatoms. The summed E-state index contributed by atoms with van der Waals surface area (Å²) < 4.78 is 27.4. The van der Waals surface area contributed by atoms with E-state index in [-0.39, 0.29) is 12.4 Å². The summed E-state index contributed by atoms with van der Waals surface area (Å²) in [5, 5.41) is 2.60. The topological polar surface area (TPSA) is 144 Å². The van der Waals surface area contributed by atoms with Gasteiger partial charge in [-0.2, -0.15) is 0 Å². The van der Waals surface area contributed by atoms with Gasteiger partial charge in [-0.3, -0.25) is 24.0 Å². The first kappa shape index (κ1) is 24.8. The Balaban J connectivity index is 2.43. The van der Waals surface area contributed by atoms with Gasteiger partial charge in [-0.05, 0) is 24.3 Å². The van der Waals surface area contributed by atoms with Gasteiger partial charge in [0.2, 0.25) is 12.2 Å². The van der Waals surface area contributed by atoms with Gasteiger partial charge in [0, 0.05) is 33.3 Å². The molecule has 0 saturated carbocycles. The van der Waals surface area contributed by atoms with Crippen molar-refractivity contribution in [2.75, 3.05) is 6.61 Å². The van der Waals surface area contributed by atoms with Crippen LogP contribution in [0.25, 0.3) is 0 Å². The van der Waals surface area contributed by atoms with E-state index in [1.54, 1.807) is 0 Å². The Hall–Kier alpha value is -3.47. The molecular formula is C21H25NO10. The lowest BCUT2D eigenvalue weighted by atomic mass is 9.96. The molecule has 1 aliphatic heterocycles. The minimum Gasteiger partial charge on any atom is -0.463 e. The fraction of sp³-hybridized carbons (Fsp3) is 0.476. The molecule has 1 heterocycles. The van der Waals surface area contributed by atoms with Crippen molar-refractivity contribution in [3.05, 3.63) is 29.8 Å². The number of hydrogen-bond donors (Lipinski definition) is 1. The number of esters is 3. The van der Waals surface area contributed by atoms with Crippen molar-refractivity contribution in [3.8, 4) is 5.75 Å². The molecule has 1 aromatic carbocycles. The van der Waals surface area contributed by atoms with E-state index >= 15 is 0 Å². The third-order valence-electron chi connectivity index (χ3n) is 4.34. The minimum atomic E-state index is -1.22. The van der Waals surface area contributed by atoms with Gasteiger partial charge in [0.05, 0.1) is 0 Å². The van der Waals surface area contributed by atoms with Gasteiger partial charge < -0.3 is 29.0 Å². The number of carbonyl (C=O) groups is 5. The molecule has 0 aliphatic carbocycles. The molecule has 0 aromatic heterocycles. The van der Waals surface area contributed by atoms with Crippen molar-refractivity contribution in [1.82, 2.24) is 5.32 Å². The number of benzene rings is 1. The Morgan fingerprint density at radius 1 is 0.938 bits per heavy atom. The van der Waals surface area contributed by atoms with Crippen LogP contribution in [-0.2, 0) is 38.1 Å². The summed E-state index contributed by atoms with van der Waals surface area (Å²) in [4.78, 5) is 57.6. The van der Waals surface area contributed by atoms with Crippen molar-refractivity contribution in [2.24, 2.45) is 0 Å². The molecule has 0 radical (unpaired) electrons. The summed E-state index contributed by atoms with van der Waals surface area (Å²) in [6.07, 6.45) is -4.05. The number of ether oxygens (including phenoxy) is 5. The van der Waals surface area contributed by atoms with Crippen LogP contribution >= 0.6 is 0 Å². The molecule has 1 aromatic rings. The van der Waals surface area contributed by atoms with E-state index in [2.05, 4.69) is 5.32 Å². The maximum Gasteiger partial charge on any atom is 0.303 e. The third kappa shape index (κ3) is 7.05. The third-order valence-corrected chi connectivity index (χ3v) is 4.34. The van der Waals surface area contributed by atoms with Crippen LogP contribution in [-0.4, -0.2) is 67.4 Å². The zero-order chi connectivity index (χ0) is 23.8. The number of amides is 1. The largest absolute Gasteiger partial charge is 0.463 e. The SMILES string of the molecule is CC(=O)N[C@H]1[C@H](Oc2ccc(C=O)cc2)O[C@H](COC(C)=O)[C@@H](OC(C)=O)[C@@H]1OC(C)=O. The molecule has 2 rings (SSSR count). The van der Waals surface area contributed by atoms with Crippen molar-refractivity contribution in [2.45, 2.75) is 58.3 Å². The summed E-state index contributed by atoms with van der Waals surface area (Å²) in [5.74, 6) is -2.21. The van der Waals surface area contributed by atoms with E-state index in [0.717, 1.165) is 13.8 Å². The summed E-state index contributed by atoms with van der Waals surface area (Å²) >= 11 is 0. The number of aldehydes is 1. The average molecular weight is 451 g/mol. The van der Waals surface area contributed by atoms with Crippen LogP contribution in [0.1, 0.15) is 38.1 Å². The highest BCUT2D eigenvalue weighted by atomic mass is 16.7. The van der Waals surface area contributed by atoms with Gasteiger partial charge in [-0.25, -0.2) is 0 Å². The van der Waals surface area contributed by atoms with Gasteiger partial charge in [0.15, 0.2) is 12.2 Å². The van der Waals surface area contributed by atoms with Gasteiger partial charge >= 0.3 is 17.9 Å². The van der Waals surface area contributed by atoms with E-state index in [1.165, 1.54) is 38.1 Å². The molecule has 5 atom stereocenters. The molecule has 0 bridgehead atoms. The van der Waals surface area contributed by atoms with E-state index in [0.29, 0.717) is 11.8 Å². The fourth-order valence-electron chi connectivity index (χ4n) is 3.15. The first-order valence-corrected chi connectivity index (χ1v) is 9.73. The first-order chi connectivity index (χ1) is 15.1. The smallest absolute Gasteiger partial charge is 0.303 e. The van der Waals surface area contributed by atoms with E-state index in [9.17, 15) is 24.0 Å². The molecular weight excluding hydrogens is 426 g/mol. The Kier molecular flexibility index (Phi) is 8.71. The first-order valence-electron chi connectivity index (χ1n) is 9.73. The number of nitrogens with one attached hydrogen (secondary N) is 1. The van der Waals surface area contributed by atoms with Gasteiger partial charge in [-0.15, -0.1) is 0 Å². The summed E-state index contributed by atoms with van der Waals surface area (Å²) in [7, 11) is 0. The van der Waals surface area contributed by atoms with Crippen LogP contribution in [0.15, 0.2) is 24.3 Å². The molecule has 1 amide bonds. The standard InChI is InChI=1S/C21H25NO10/c1-11(24)22-18-20(30-14(4)27)19(29-13(3)26)17(10-28-12(2)25)32-21(18)31-16-7-5-15(9-23)6-8-16/h5-9,17-21H,10H2,1-4H3,(H,22,24)/t17-,18-,19-,20-,21-/m1/s1. The second-order valence-electron chi connectivity index (χ2n) is 7.02. The normalized spacial score (nSPS) is 24.6. The van der Waals surface area contributed by atoms with Crippen LogP contribution in [0, 0.1) is 0 Å². The molecule has 0 unspecified atom stereocenters. The van der Waals surface area contributed by atoms with Gasteiger partial charge in [-0.1, -0.05) is 0 Å². The predicted octanol–water partition coefficient (Wildman–Crippen LogP) is 0.534. The Morgan fingerprint density at radius 3 is 2.03 bits per heavy atom. The molecule has 1 aliphatic rings. The summed E-state index contributed by atoms with van der Waals surface area (Å²) in [6, 6.07) is 4.97. The highest BCUT2D eigenvalue weighted by Gasteiger charge is 2.51. The second kappa shape index (κ2) is 11.2. The summed E-state index contributed by atoms with van der Waals surface area (Å²) in [5.41, 5.74) is 0.417. The fourth-order valence-corrected chi connectivity index (χ4v) is 3.15. The lowest BCUT2D eigenvalue weighted by molar-refractivity contribution is -0.257. The second-order valence-corrected chi connectivity index (χ2v) is 7.02. The Labute approximate surface area is 184 Å². The molecule has 1 fully saturated rings. The maximum absolute atomic E-state index is 11.9. The molecule has 1 N–H and O–H groups in total. The lowest BCUT2D eigenvalue weighted by Crippen LogP contribution is -2.67. The molecule has 0 spiro atoms. The van der Waals surface area contributed by atoms with Gasteiger partial charge in [0.25, 0.3) is 0 Å². The van der Waals surface area contributed by atoms with E-state index in [1.807, 2.05) is 0 Å². The number of hydrogen-bond acceptors (Lipinski definition) is 10. The molecule has 1 saturated heterocycles. The molecule has 11 nitrogen and oxygen atoms in total. The lowest BCUT2D eigenvalue weighted by Gasteiger charge is -2.44. The number of rotatable bonds is 8. The molecule has 174 valence electrons. The monoisotopic (exact) mass is 451 g/mol. The summed E-state index contributed by atoms with van der Waals surface area (Å²) in [6.45, 7) is 4.41. The van der Waals surface area contributed by atoms with Crippen molar-refractivity contribution in [1.29, 1.82) is 0 Å². The van der Waals surface area contributed by atoms with Crippen LogP contribution in [0.2, 0.25) is 0 Å². The maximum atomic E-state index is 11.9. The predicted molar refractivity (Wildman–Crippen MR) is 106 cm³/mol. The van der Waals surface area contributed by atoms with Crippen molar-refractivity contribution >= 4 is 30.1 Å². The quantitative estimate of drug-likeness (QED) is 0.338. The molecule has 32 heavy (non-hydrogen) atoms. The highest BCUT2D eigenvalue weighted by Crippen LogP contribution is 2.29. The number of carbonyl (C=O) groups excluding carboxylic acids is 5. The highest BCUT2D eigenvalue weighted by molar-refractivity contribution is 5.75. The van der Waals surface area contributed by atoms with Crippen molar-refractivity contribution in [3.63, 3.8) is 0 Å². The average Bonchev–Trinajstić information content (AvgIpc) is 2.70. The van der Waals surface area contributed by atoms with Crippen molar-refractivity contribution < 1.29 is 47.7 Å². The zero-order valence-corrected chi connectivity index (χ0v) is 18.1. The minimum absolute atomic E-state index is 0.287. The van der Waals surface area contributed by atoms with E-state index in [4.69, 9.17) is 23.7 Å². The van der Waals surface area contributed by atoms with Crippen LogP contribution in [0.3, 0.4) is 0 Å². The van der Waals surface area contributed by atoms with E-state index < -0.39 is 54.5 Å². The van der Waals surface area contributed by atoms with Gasteiger partial charge in [0.1, 0.15) is 30.8 Å². The zero-order valence-electron chi connectivity index (χ0n) is 18.1. The Morgan fingerprint density at radius 2 is 1.53 bits per heavy atom. The van der Waals surface area contributed by atoms with Crippen LogP contribution in [0.4, 0.5) is 0 Å². The Bertz CT molecular complexity index is 853.